The van der Waals surface area contributed by atoms with Crippen LogP contribution in [-0.4, -0.2) is 48.5 Å². The van der Waals surface area contributed by atoms with E-state index in [1.807, 2.05) is 37.3 Å². The molecule has 26 heavy (non-hydrogen) atoms. The van der Waals surface area contributed by atoms with Gasteiger partial charge in [-0.2, -0.15) is 0 Å². The minimum absolute atomic E-state index is 0.0488. The second-order valence-electron chi connectivity index (χ2n) is 6.59. The summed E-state index contributed by atoms with van der Waals surface area (Å²) in [6.45, 7) is 5.98. The maximum Gasteiger partial charge on any atom is 0.238 e. The summed E-state index contributed by atoms with van der Waals surface area (Å²) in [5.41, 5.74) is 3.04. The van der Waals surface area contributed by atoms with Gasteiger partial charge in [-0.1, -0.05) is 41.7 Å². The van der Waals surface area contributed by atoms with Gasteiger partial charge in [-0.3, -0.25) is 9.69 Å². The lowest BCUT2D eigenvalue weighted by Gasteiger charge is -2.34. The molecule has 5 nitrogen and oxygen atoms in total. The fourth-order valence-corrected chi connectivity index (χ4v) is 4.22. The van der Waals surface area contributed by atoms with Crippen LogP contribution in [0.5, 0.6) is 0 Å². The van der Waals surface area contributed by atoms with Crippen molar-refractivity contribution in [3.63, 3.8) is 0 Å². The van der Waals surface area contributed by atoms with Crippen LogP contribution in [0.3, 0.4) is 0 Å². The minimum Gasteiger partial charge on any atom is -0.345 e. The molecule has 1 N–H and O–H groups in total. The Morgan fingerprint density at radius 3 is 2.58 bits per heavy atom. The van der Waals surface area contributed by atoms with Crippen LogP contribution in [0, 0.1) is 6.92 Å². The molecule has 2 heterocycles. The van der Waals surface area contributed by atoms with E-state index >= 15 is 0 Å². The Labute approximate surface area is 157 Å². The first kappa shape index (κ1) is 17.0. The molecule has 1 aromatic heterocycles. The zero-order valence-corrected chi connectivity index (χ0v) is 15.6. The smallest absolute Gasteiger partial charge is 0.238 e. The van der Waals surface area contributed by atoms with Gasteiger partial charge < -0.3 is 10.2 Å². The van der Waals surface area contributed by atoms with Gasteiger partial charge in [0.25, 0.3) is 0 Å². The van der Waals surface area contributed by atoms with Crippen molar-refractivity contribution in [1.82, 2.24) is 9.88 Å². The van der Waals surface area contributed by atoms with Crippen molar-refractivity contribution in [3.8, 4) is 0 Å². The number of hydrogen-bond acceptors (Lipinski definition) is 5. The van der Waals surface area contributed by atoms with Gasteiger partial charge in [0.2, 0.25) is 5.91 Å². The predicted molar refractivity (Wildman–Crippen MR) is 108 cm³/mol. The lowest BCUT2D eigenvalue weighted by atomic mass is 10.2. The predicted octanol–water partition coefficient (Wildman–Crippen LogP) is 3.37. The Morgan fingerprint density at radius 2 is 1.81 bits per heavy atom. The molecule has 0 radical (unpaired) electrons. The zero-order valence-electron chi connectivity index (χ0n) is 14.8. The molecule has 6 heteroatoms. The number of nitrogens with zero attached hydrogens (tertiary/aromatic N) is 3. The van der Waals surface area contributed by atoms with Gasteiger partial charge in [-0.15, -0.1) is 0 Å². The van der Waals surface area contributed by atoms with Gasteiger partial charge in [0, 0.05) is 31.9 Å². The first-order chi connectivity index (χ1) is 12.7. The number of carbonyl (C=O) groups excluding carboxylic acids is 1. The highest BCUT2D eigenvalue weighted by atomic mass is 32.1. The number of anilines is 2. The first-order valence-corrected chi connectivity index (χ1v) is 9.69. The summed E-state index contributed by atoms with van der Waals surface area (Å²) in [5.74, 6) is 0.0488. The van der Waals surface area contributed by atoms with Gasteiger partial charge in [-0.05, 0) is 30.7 Å². The molecule has 1 fully saturated rings. The standard InChI is InChI=1S/C20H22N4OS/c1-15-6-2-3-7-16(15)21-19(25)14-23-10-12-24(13-11-23)20-22-17-8-4-5-9-18(17)26-20/h2-9H,10-14H2,1H3,(H,21,25). The van der Waals surface area contributed by atoms with Crippen LogP contribution in [0.15, 0.2) is 48.5 Å². The van der Waals surface area contributed by atoms with Gasteiger partial charge in [0.15, 0.2) is 5.13 Å². The Hall–Kier alpha value is -2.44. The van der Waals surface area contributed by atoms with E-state index in [4.69, 9.17) is 4.98 Å². The molecule has 0 saturated carbocycles. The van der Waals surface area contributed by atoms with Crippen LogP contribution in [0.4, 0.5) is 10.8 Å². The highest BCUT2D eigenvalue weighted by Crippen LogP contribution is 2.29. The number of fused-ring (bicyclic) bond motifs is 1. The van der Waals surface area contributed by atoms with E-state index in [0.29, 0.717) is 6.54 Å². The van der Waals surface area contributed by atoms with E-state index < -0.39 is 0 Å². The lowest BCUT2D eigenvalue weighted by Crippen LogP contribution is -2.48. The summed E-state index contributed by atoms with van der Waals surface area (Å²) in [6.07, 6.45) is 0. The summed E-state index contributed by atoms with van der Waals surface area (Å²) in [4.78, 5) is 21.6. The third-order valence-corrected chi connectivity index (χ3v) is 5.81. The molecular weight excluding hydrogens is 344 g/mol. The Balaban J connectivity index is 1.32. The van der Waals surface area contributed by atoms with Crippen molar-refractivity contribution >= 4 is 38.3 Å². The number of benzene rings is 2. The number of carbonyl (C=O) groups is 1. The second-order valence-corrected chi connectivity index (χ2v) is 7.60. The quantitative estimate of drug-likeness (QED) is 0.769. The van der Waals surface area contributed by atoms with Gasteiger partial charge in [0.05, 0.1) is 16.8 Å². The molecule has 2 aromatic carbocycles. The molecule has 1 aliphatic heterocycles. The molecule has 0 aliphatic carbocycles. The number of aromatic nitrogens is 1. The van der Waals surface area contributed by atoms with E-state index in [1.165, 1.54) is 4.70 Å². The second kappa shape index (κ2) is 7.43. The Bertz CT molecular complexity index is 882. The maximum absolute atomic E-state index is 12.3. The molecular formula is C20H22N4OS. The van der Waals surface area contributed by atoms with Crippen molar-refractivity contribution in [3.05, 3.63) is 54.1 Å². The van der Waals surface area contributed by atoms with Crippen LogP contribution in [0.25, 0.3) is 10.2 Å². The summed E-state index contributed by atoms with van der Waals surface area (Å²) in [6, 6.07) is 16.1. The fourth-order valence-electron chi connectivity index (χ4n) is 3.20. The van der Waals surface area contributed by atoms with Crippen LogP contribution < -0.4 is 10.2 Å². The SMILES string of the molecule is Cc1ccccc1NC(=O)CN1CCN(c2nc3ccccc3s2)CC1. The third-order valence-electron chi connectivity index (χ3n) is 4.71. The highest BCUT2D eigenvalue weighted by Gasteiger charge is 2.21. The van der Waals surface area contributed by atoms with E-state index in [9.17, 15) is 4.79 Å². The number of amides is 1. The molecule has 1 saturated heterocycles. The molecule has 0 bridgehead atoms. The van der Waals surface area contributed by atoms with E-state index in [0.717, 1.165) is 48.1 Å². The highest BCUT2D eigenvalue weighted by molar-refractivity contribution is 7.22. The van der Waals surface area contributed by atoms with Crippen LogP contribution in [-0.2, 0) is 4.79 Å². The van der Waals surface area contributed by atoms with Gasteiger partial charge >= 0.3 is 0 Å². The van der Waals surface area contributed by atoms with E-state index in [1.54, 1.807) is 11.3 Å². The van der Waals surface area contributed by atoms with Crippen molar-refractivity contribution in [2.75, 3.05) is 42.9 Å². The number of rotatable bonds is 4. The molecule has 0 unspecified atom stereocenters. The largest absolute Gasteiger partial charge is 0.345 e. The number of thiazole rings is 1. The van der Waals surface area contributed by atoms with Crippen LogP contribution in [0.1, 0.15) is 5.56 Å². The molecule has 0 spiro atoms. The minimum atomic E-state index is 0.0488. The third kappa shape index (κ3) is 3.71. The number of nitrogens with one attached hydrogen (secondary N) is 1. The number of piperazine rings is 1. The molecule has 134 valence electrons. The summed E-state index contributed by atoms with van der Waals surface area (Å²) >= 11 is 1.74. The molecule has 4 rings (SSSR count). The van der Waals surface area contributed by atoms with Gasteiger partial charge in [-0.25, -0.2) is 4.98 Å². The van der Waals surface area contributed by atoms with Crippen molar-refractivity contribution in [1.29, 1.82) is 0 Å². The number of para-hydroxylation sites is 2. The lowest BCUT2D eigenvalue weighted by molar-refractivity contribution is -0.117. The molecule has 0 atom stereocenters. The van der Waals surface area contributed by atoms with Crippen molar-refractivity contribution in [2.24, 2.45) is 0 Å². The molecule has 3 aromatic rings. The Morgan fingerprint density at radius 1 is 1.08 bits per heavy atom. The normalized spacial score (nSPS) is 15.3. The van der Waals surface area contributed by atoms with E-state index in [2.05, 4.69) is 33.3 Å². The van der Waals surface area contributed by atoms with Crippen LogP contribution >= 0.6 is 11.3 Å². The number of aryl methyl sites for hydroxylation is 1. The summed E-state index contributed by atoms with van der Waals surface area (Å²) in [7, 11) is 0. The monoisotopic (exact) mass is 366 g/mol. The average Bonchev–Trinajstić information content (AvgIpc) is 3.08. The fraction of sp³-hybridized carbons (Fsp3) is 0.300. The maximum atomic E-state index is 12.3. The topological polar surface area (TPSA) is 48.5 Å². The zero-order chi connectivity index (χ0) is 17.9. The molecule has 1 aliphatic rings. The van der Waals surface area contributed by atoms with Crippen LogP contribution in [0.2, 0.25) is 0 Å². The summed E-state index contributed by atoms with van der Waals surface area (Å²) < 4.78 is 1.22. The molecule has 1 amide bonds. The van der Waals surface area contributed by atoms with Gasteiger partial charge in [0.1, 0.15) is 0 Å². The number of hydrogen-bond donors (Lipinski definition) is 1. The van der Waals surface area contributed by atoms with Crippen molar-refractivity contribution in [2.45, 2.75) is 6.92 Å². The summed E-state index contributed by atoms with van der Waals surface area (Å²) in [5, 5.41) is 4.09. The first-order valence-electron chi connectivity index (χ1n) is 8.87. The van der Waals surface area contributed by atoms with E-state index in [-0.39, 0.29) is 5.91 Å². The average molecular weight is 366 g/mol. The Kier molecular flexibility index (Phi) is 4.86. The van der Waals surface area contributed by atoms with Crippen molar-refractivity contribution < 1.29 is 4.79 Å².